The molecule has 21 heavy (non-hydrogen) atoms. The first-order valence-corrected chi connectivity index (χ1v) is 7.11. The summed E-state index contributed by atoms with van der Waals surface area (Å²) in [6, 6.07) is 2.93. The van der Waals surface area contributed by atoms with Crippen LogP contribution >= 0.6 is 0 Å². The van der Waals surface area contributed by atoms with E-state index in [1.807, 2.05) is 13.8 Å². The number of carboxylic acid groups (broad SMARTS) is 1. The summed E-state index contributed by atoms with van der Waals surface area (Å²) in [6.07, 6.45) is 3.33. The van der Waals surface area contributed by atoms with E-state index in [-0.39, 0.29) is 23.7 Å². The van der Waals surface area contributed by atoms with Crippen LogP contribution in [0.5, 0.6) is 0 Å². The molecule has 1 aliphatic rings. The molecule has 1 aliphatic heterocycles. The van der Waals surface area contributed by atoms with Crippen molar-refractivity contribution in [2.75, 3.05) is 13.2 Å². The highest BCUT2D eigenvalue weighted by Crippen LogP contribution is 2.21. The van der Waals surface area contributed by atoms with Gasteiger partial charge in [-0.1, -0.05) is 0 Å². The SMILES string of the molecule is CC(C)OC[C@H]1CCCN1C(=O)c1ccnc(C(=O)O)c1. The minimum Gasteiger partial charge on any atom is -0.477 e. The Labute approximate surface area is 123 Å². The maximum atomic E-state index is 12.5. The lowest BCUT2D eigenvalue weighted by Gasteiger charge is -2.25. The second kappa shape index (κ2) is 6.67. The van der Waals surface area contributed by atoms with Gasteiger partial charge in [0, 0.05) is 18.3 Å². The number of hydrogen-bond donors (Lipinski definition) is 1. The Morgan fingerprint density at radius 1 is 1.52 bits per heavy atom. The molecule has 0 radical (unpaired) electrons. The third kappa shape index (κ3) is 3.78. The van der Waals surface area contributed by atoms with Gasteiger partial charge in [-0.15, -0.1) is 0 Å². The molecule has 2 heterocycles. The zero-order valence-corrected chi connectivity index (χ0v) is 12.3. The molecule has 0 unspecified atom stereocenters. The Balaban J connectivity index is 2.11. The lowest BCUT2D eigenvalue weighted by molar-refractivity contribution is 0.0325. The Kier molecular flexibility index (Phi) is 4.90. The summed E-state index contributed by atoms with van der Waals surface area (Å²) < 4.78 is 5.60. The Morgan fingerprint density at radius 2 is 2.29 bits per heavy atom. The molecule has 1 aromatic rings. The fourth-order valence-corrected chi connectivity index (χ4v) is 2.43. The van der Waals surface area contributed by atoms with E-state index in [2.05, 4.69) is 4.98 Å². The van der Waals surface area contributed by atoms with Gasteiger partial charge in [0.25, 0.3) is 5.91 Å². The van der Waals surface area contributed by atoms with Gasteiger partial charge in [-0.05, 0) is 38.8 Å². The largest absolute Gasteiger partial charge is 0.477 e. The van der Waals surface area contributed by atoms with Crippen molar-refractivity contribution in [3.8, 4) is 0 Å². The standard InChI is InChI=1S/C15H20N2O4/c1-10(2)21-9-12-4-3-7-17(12)14(18)11-5-6-16-13(8-11)15(19)20/h5-6,8,10,12H,3-4,7,9H2,1-2H3,(H,19,20)/t12-/m1/s1. The van der Waals surface area contributed by atoms with Crippen LogP contribution in [0.4, 0.5) is 0 Å². The third-order valence-electron chi connectivity index (χ3n) is 3.49. The van der Waals surface area contributed by atoms with Gasteiger partial charge < -0.3 is 14.7 Å². The lowest BCUT2D eigenvalue weighted by atomic mass is 10.1. The van der Waals surface area contributed by atoms with Gasteiger partial charge >= 0.3 is 5.97 Å². The van der Waals surface area contributed by atoms with Crippen LogP contribution in [0.15, 0.2) is 18.3 Å². The number of hydrogen-bond acceptors (Lipinski definition) is 4. The third-order valence-corrected chi connectivity index (χ3v) is 3.49. The first-order valence-electron chi connectivity index (χ1n) is 7.11. The number of pyridine rings is 1. The van der Waals surface area contributed by atoms with Gasteiger partial charge in [0.2, 0.25) is 0 Å². The summed E-state index contributed by atoms with van der Waals surface area (Å²) >= 11 is 0. The van der Waals surface area contributed by atoms with Crippen LogP contribution in [0.3, 0.4) is 0 Å². The first-order chi connectivity index (χ1) is 9.99. The number of aromatic nitrogens is 1. The monoisotopic (exact) mass is 292 g/mol. The molecule has 6 heteroatoms. The maximum Gasteiger partial charge on any atom is 0.354 e. The van der Waals surface area contributed by atoms with E-state index in [4.69, 9.17) is 9.84 Å². The number of aromatic carboxylic acids is 1. The van der Waals surface area contributed by atoms with Crippen molar-refractivity contribution in [1.82, 2.24) is 9.88 Å². The summed E-state index contributed by atoms with van der Waals surface area (Å²) in [5.74, 6) is -1.29. The van der Waals surface area contributed by atoms with Gasteiger partial charge in [-0.2, -0.15) is 0 Å². The fraction of sp³-hybridized carbons (Fsp3) is 0.533. The quantitative estimate of drug-likeness (QED) is 0.895. The molecule has 1 N–H and O–H groups in total. The van der Waals surface area contributed by atoms with Crippen LogP contribution in [0.1, 0.15) is 47.5 Å². The van der Waals surface area contributed by atoms with Crippen LogP contribution < -0.4 is 0 Å². The zero-order chi connectivity index (χ0) is 15.4. The van der Waals surface area contributed by atoms with E-state index < -0.39 is 5.97 Å². The number of amides is 1. The number of ether oxygens (including phenoxy) is 1. The summed E-state index contributed by atoms with van der Waals surface area (Å²) in [5, 5.41) is 8.95. The second-order valence-corrected chi connectivity index (χ2v) is 5.41. The molecule has 0 saturated carbocycles. The van der Waals surface area contributed by atoms with Crippen molar-refractivity contribution < 1.29 is 19.4 Å². The van der Waals surface area contributed by atoms with Crippen LogP contribution in [0.25, 0.3) is 0 Å². The molecule has 1 amide bonds. The smallest absolute Gasteiger partial charge is 0.354 e. The van der Waals surface area contributed by atoms with Crippen molar-refractivity contribution in [2.24, 2.45) is 0 Å². The van der Waals surface area contributed by atoms with Crippen molar-refractivity contribution >= 4 is 11.9 Å². The Bertz CT molecular complexity index is 530. The van der Waals surface area contributed by atoms with E-state index in [1.54, 1.807) is 11.0 Å². The molecule has 0 spiro atoms. The summed E-state index contributed by atoms with van der Waals surface area (Å²) in [5.41, 5.74) is 0.244. The molecule has 1 saturated heterocycles. The number of carboxylic acids is 1. The number of likely N-dealkylation sites (tertiary alicyclic amines) is 1. The van der Waals surface area contributed by atoms with E-state index in [0.29, 0.717) is 18.7 Å². The molecule has 6 nitrogen and oxygen atoms in total. The van der Waals surface area contributed by atoms with Crippen molar-refractivity contribution in [1.29, 1.82) is 0 Å². The van der Waals surface area contributed by atoms with Gasteiger partial charge in [0.15, 0.2) is 0 Å². The molecule has 0 aliphatic carbocycles. The predicted molar refractivity (Wildman–Crippen MR) is 76.3 cm³/mol. The van der Waals surface area contributed by atoms with E-state index in [9.17, 15) is 9.59 Å². The molecule has 2 rings (SSSR count). The molecular weight excluding hydrogens is 272 g/mol. The molecule has 1 fully saturated rings. The van der Waals surface area contributed by atoms with Gasteiger partial charge in [-0.3, -0.25) is 4.79 Å². The average molecular weight is 292 g/mol. The molecule has 0 bridgehead atoms. The Morgan fingerprint density at radius 3 is 2.95 bits per heavy atom. The van der Waals surface area contributed by atoms with Crippen molar-refractivity contribution in [2.45, 2.75) is 38.8 Å². The molecular formula is C15H20N2O4. The van der Waals surface area contributed by atoms with Gasteiger partial charge in [0.1, 0.15) is 5.69 Å². The number of nitrogens with zero attached hydrogens (tertiary/aromatic N) is 2. The van der Waals surface area contributed by atoms with Crippen LogP contribution in [0, 0.1) is 0 Å². The van der Waals surface area contributed by atoms with Crippen molar-refractivity contribution in [3.05, 3.63) is 29.6 Å². The number of carbonyl (C=O) groups is 2. The highest BCUT2D eigenvalue weighted by Gasteiger charge is 2.30. The number of rotatable bonds is 5. The lowest BCUT2D eigenvalue weighted by Crippen LogP contribution is -2.38. The Hall–Kier alpha value is -1.95. The van der Waals surface area contributed by atoms with Crippen LogP contribution in [-0.2, 0) is 4.74 Å². The predicted octanol–water partition coefficient (Wildman–Crippen LogP) is 1.81. The normalized spacial score (nSPS) is 18.2. The summed E-state index contributed by atoms with van der Waals surface area (Å²) in [4.78, 5) is 29.0. The summed E-state index contributed by atoms with van der Waals surface area (Å²) in [7, 11) is 0. The molecule has 1 atom stereocenters. The molecule has 1 aromatic heterocycles. The zero-order valence-electron chi connectivity index (χ0n) is 12.3. The van der Waals surface area contributed by atoms with Crippen LogP contribution in [-0.4, -0.2) is 52.2 Å². The number of carbonyl (C=O) groups excluding carboxylic acids is 1. The fourth-order valence-electron chi connectivity index (χ4n) is 2.43. The molecule has 0 aromatic carbocycles. The molecule has 114 valence electrons. The van der Waals surface area contributed by atoms with E-state index in [0.717, 1.165) is 12.8 Å². The minimum absolute atomic E-state index is 0.0568. The van der Waals surface area contributed by atoms with E-state index in [1.165, 1.54) is 12.3 Å². The first kappa shape index (κ1) is 15.4. The topological polar surface area (TPSA) is 79.7 Å². The second-order valence-electron chi connectivity index (χ2n) is 5.41. The maximum absolute atomic E-state index is 12.5. The van der Waals surface area contributed by atoms with Crippen molar-refractivity contribution in [3.63, 3.8) is 0 Å². The van der Waals surface area contributed by atoms with Gasteiger partial charge in [0.05, 0.1) is 18.8 Å². The highest BCUT2D eigenvalue weighted by atomic mass is 16.5. The van der Waals surface area contributed by atoms with E-state index >= 15 is 0 Å². The minimum atomic E-state index is -1.13. The average Bonchev–Trinajstić information content (AvgIpc) is 2.92. The van der Waals surface area contributed by atoms with Gasteiger partial charge in [-0.25, -0.2) is 9.78 Å². The van der Waals surface area contributed by atoms with Crippen LogP contribution in [0.2, 0.25) is 0 Å². The summed E-state index contributed by atoms with van der Waals surface area (Å²) in [6.45, 7) is 5.11. The highest BCUT2D eigenvalue weighted by molar-refractivity contribution is 5.96.